The van der Waals surface area contributed by atoms with Crippen LogP contribution in [0.3, 0.4) is 0 Å². The zero-order chi connectivity index (χ0) is 18.8. The van der Waals surface area contributed by atoms with Gasteiger partial charge in [0.2, 0.25) is 0 Å². The van der Waals surface area contributed by atoms with Gasteiger partial charge in [-0.2, -0.15) is 0 Å². The average molecular weight is 466 g/mol. The van der Waals surface area contributed by atoms with Gasteiger partial charge in [0.05, 0.1) is 12.7 Å². The lowest BCUT2D eigenvalue weighted by Gasteiger charge is -2.35. The van der Waals surface area contributed by atoms with Crippen LogP contribution in [0.1, 0.15) is 54.9 Å². The third-order valence-corrected chi connectivity index (χ3v) is 10.5. The minimum atomic E-state index is -1.69. The van der Waals surface area contributed by atoms with Gasteiger partial charge in [0.25, 0.3) is 0 Å². The van der Waals surface area contributed by atoms with Crippen molar-refractivity contribution in [1.82, 2.24) is 0 Å². The van der Waals surface area contributed by atoms with Crippen LogP contribution in [0, 0.1) is 5.92 Å². The number of halogens is 1. The van der Waals surface area contributed by atoms with Gasteiger partial charge in [-0.25, -0.2) is 4.79 Å². The van der Waals surface area contributed by atoms with Crippen molar-refractivity contribution in [2.45, 2.75) is 79.1 Å². The molecule has 0 heterocycles. The summed E-state index contributed by atoms with van der Waals surface area (Å²) >= 11 is 2.29. The van der Waals surface area contributed by atoms with E-state index in [-0.39, 0.29) is 18.0 Å². The largest absolute Gasteiger partial charge is 0.463 e. The Morgan fingerprint density at radius 2 is 1.67 bits per heavy atom. The van der Waals surface area contributed by atoms with Crippen LogP contribution in [0.15, 0.2) is 21.3 Å². The van der Waals surface area contributed by atoms with Gasteiger partial charge in [0.1, 0.15) is 0 Å². The number of hydrogen-bond acceptors (Lipinski definition) is 3. The van der Waals surface area contributed by atoms with Gasteiger partial charge < -0.3 is 9.16 Å². The van der Waals surface area contributed by atoms with E-state index in [1.54, 1.807) is 0 Å². The van der Waals surface area contributed by atoms with Crippen LogP contribution in [0.4, 0.5) is 0 Å². The molecule has 0 aliphatic carbocycles. The zero-order valence-corrected chi connectivity index (χ0v) is 19.6. The summed E-state index contributed by atoms with van der Waals surface area (Å²) in [6.07, 6.45) is 3.04. The number of carbonyl (C=O) groups is 1. The topological polar surface area (TPSA) is 35.5 Å². The minimum absolute atomic E-state index is 0.118. The molecule has 0 unspecified atom stereocenters. The zero-order valence-electron chi connectivity index (χ0n) is 16.4. The molecule has 3 nitrogen and oxygen atoms in total. The first-order valence-corrected chi connectivity index (χ1v) is 12.9. The number of ether oxygens (including phenoxy) is 1. The van der Waals surface area contributed by atoms with Crippen LogP contribution >= 0.6 is 22.6 Å². The summed E-state index contributed by atoms with van der Waals surface area (Å²) in [4.78, 5) is 11.9. The van der Waals surface area contributed by atoms with Crippen molar-refractivity contribution in [3.8, 4) is 0 Å². The van der Waals surface area contributed by atoms with Crippen molar-refractivity contribution in [2.24, 2.45) is 5.92 Å². The molecule has 0 saturated heterocycles. The quantitative estimate of drug-likeness (QED) is 0.156. The highest BCUT2D eigenvalue weighted by Crippen LogP contribution is 2.29. The first-order valence-electron chi connectivity index (χ1n) is 9.08. The van der Waals surface area contributed by atoms with Gasteiger partial charge >= 0.3 is 5.97 Å². The summed E-state index contributed by atoms with van der Waals surface area (Å²) in [5.74, 6) is -0.0496. The summed E-state index contributed by atoms with van der Waals surface area (Å²) in [5.41, 5.74) is 1.99. The van der Waals surface area contributed by atoms with E-state index in [0.29, 0.717) is 12.2 Å². The molecule has 24 heavy (non-hydrogen) atoms. The Hall–Kier alpha value is -0.143. The summed E-state index contributed by atoms with van der Waals surface area (Å²) < 4.78 is 14.0. The second kappa shape index (κ2) is 12.2. The predicted octanol–water partition coefficient (Wildman–Crippen LogP) is 6.25. The van der Waals surface area contributed by atoms with Crippen molar-refractivity contribution in [1.29, 1.82) is 0 Å². The fraction of sp³-hybridized carbons (Fsp3) is 0.737. The Kier molecular flexibility index (Phi) is 12.2. The van der Waals surface area contributed by atoms with Gasteiger partial charge in [0, 0.05) is 11.5 Å². The van der Waals surface area contributed by atoms with Crippen LogP contribution < -0.4 is 0 Å². The lowest BCUT2D eigenvalue weighted by atomic mass is 9.97. The third-order valence-electron chi connectivity index (χ3n) is 4.74. The first kappa shape index (κ1) is 23.9. The second-order valence-corrected chi connectivity index (χ2v) is 11.8. The molecular formula is C19H35IO3Si. The lowest BCUT2D eigenvalue weighted by Crippen LogP contribution is -2.42. The molecular weight excluding hydrogens is 431 g/mol. The highest BCUT2D eigenvalue weighted by molar-refractivity contribution is 14.1. The van der Waals surface area contributed by atoms with Gasteiger partial charge in [-0.05, 0) is 49.4 Å². The summed E-state index contributed by atoms with van der Waals surface area (Å²) in [6.45, 7) is 15.1. The van der Waals surface area contributed by atoms with E-state index in [4.69, 9.17) is 9.16 Å². The minimum Gasteiger partial charge on any atom is -0.463 e. The van der Waals surface area contributed by atoms with E-state index in [1.165, 1.54) is 5.57 Å². The molecule has 0 aliphatic heterocycles. The number of carbonyl (C=O) groups excluding carboxylic acids is 1. The summed E-state index contributed by atoms with van der Waals surface area (Å²) in [7, 11) is -1.69. The first-order chi connectivity index (χ1) is 11.3. The SMILES string of the molecule is CCOC(=O)/C(C)=C/[C@@H](C)[C@@H](C/C(C)=C/I)O[Si](CC)(CC)CC. The van der Waals surface area contributed by atoms with E-state index in [0.717, 1.165) is 24.6 Å². The normalized spacial score (nSPS) is 16.0. The number of rotatable bonds is 11. The van der Waals surface area contributed by atoms with E-state index in [9.17, 15) is 4.79 Å². The summed E-state index contributed by atoms with van der Waals surface area (Å²) in [6, 6.07) is 3.41. The third kappa shape index (κ3) is 7.83. The molecule has 0 amide bonds. The Morgan fingerprint density at radius 3 is 2.08 bits per heavy atom. The average Bonchev–Trinajstić information content (AvgIpc) is 2.58. The molecule has 0 bridgehead atoms. The maximum atomic E-state index is 11.9. The molecule has 0 spiro atoms. The van der Waals surface area contributed by atoms with Crippen LogP contribution in [0.5, 0.6) is 0 Å². The molecule has 0 rings (SSSR count). The monoisotopic (exact) mass is 466 g/mol. The van der Waals surface area contributed by atoms with Gasteiger partial charge in [0.15, 0.2) is 8.32 Å². The van der Waals surface area contributed by atoms with E-state index < -0.39 is 8.32 Å². The fourth-order valence-electron chi connectivity index (χ4n) is 2.83. The lowest BCUT2D eigenvalue weighted by molar-refractivity contribution is -0.138. The molecule has 5 heteroatoms. The predicted molar refractivity (Wildman–Crippen MR) is 114 cm³/mol. The van der Waals surface area contributed by atoms with Gasteiger partial charge in [-0.1, -0.05) is 61.9 Å². The number of esters is 1. The van der Waals surface area contributed by atoms with Crippen molar-refractivity contribution < 1.29 is 14.0 Å². The maximum Gasteiger partial charge on any atom is 0.333 e. The van der Waals surface area contributed by atoms with Crippen molar-refractivity contribution >= 4 is 36.9 Å². The highest BCUT2D eigenvalue weighted by atomic mass is 127. The van der Waals surface area contributed by atoms with Crippen molar-refractivity contribution in [3.05, 3.63) is 21.3 Å². The molecule has 2 atom stereocenters. The standard InChI is InChI=1S/C19H35IO3Si/c1-8-22-19(21)17(7)13-16(6)18(12-15(5)14-20)23-24(9-2,10-3)11-4/h13-14,16,18H,8-12H2,1-7H3/b15-14+,17-13+/t16-,18-/m1/s1. The van der Waals surface area contributed by atoms with Crippen LogP contribution in [0.2, 0.25) is 18.1 Å². The Balaban J connectivity index is 5.39. The molecule has 140 valence electrons. The van der Waals surface area contributed by atoms with Gasteiger partial charge in [-0.15, -0.1) is 0 Å². The molecule has 0 aromatic carbocycles. The van der Waals surface area contributed by atoms with Crippen molar-refractivity contribution in [3.63, 3.8) is 0 Å². The second-order valence-electron chi connectivity index (χ2n) is 6.49. The molecule has 0 N–H and O–H groups in total. The smallest absolute Gasteiger partial charge is 0.333 e. The van der Waals surface area contributed by atoms with Crippen LogP contribution in [-0.4, -0.2) is 27.0 Å². The Morgan fingerprint density at radius 1 is 1.12 bits per heavy atom. The van der Waals surface area contributed by atoms with Crippen LogP contribution in [0.25, 0.3) is 0 Å². The Bertz CT molecular complexity index is 434. The summed E-state index contributed by atoms with van der Waals surface area (Å²) in [5, 5.41) is 0. The van der Waals surface area contributed by atoms with Crippen molar-refractivity contribution in [2.75, 3.05) is 6.61 Å². The molecule has 0 radical (unpaired) electrons. The van der Waals surface area contributed by atoms with E-state index in [2.05, 4.69) is 61.3 Å². The number of hydrogen-bond donors (Lipinski definition) is 0. The molecule has 0 saturated carbocycles. The molecule has 0 aliphatic rings. The van der Waals surface area contributed by atoms with Crippen LogP contribution in [-0.2, 0) is 14.0 Å². The van der Waals surface area contributed by atoms with E-state index >= 15 is 0 Å². The molecule has 0 aromatic rings. The van der Waals surface area contributed by atoms with Gasteiger partial charge in [-0.3, -0.25) is 0 Å². The van der Waals surface area contributed by atoms with E-state index in [1.807, 2.05) is 19.9 Å². The highest BCUT2D eigenvalue weighted by Gasteiger charge is 2.33. The molecule has 0 aromatic heterocycles. The molecule has 0 fully saturated rings. The Labute approximate surface area is 163 Å². The fourth-order valence-corrected chi connectivity index (χ4v) is 6.03. The maximum absolute atomic E-state index is 11.9.